The van der Waals surface area contributed by atoms with Crippen LogP contribution in [0.25, 0.3) is 0 Å². The summed E-state index contributed by atoms with van der Waals surface area (Å²) in [7, 11) is 5.25. The molecule has 1 unspecified atom stereocenters. The van der Waals surface area contributed by atoms with E-state index < -0.39 is 0 Å². The Hall–Kier alpha value is -1.46. The maximum atomic E-state index is 9.86. The van der Waals surface area contributed by atoms with Crippen LogP contribution in [0.15, 0.2) is 12.1 Å². The van der Waals surface area contributed by atoms with Crippen molar-refractivity contribution in [3.05, 3.63) is 17.7 Å². The van der Waals surface area contributed by atoms with Crippen molar-refractivity contribution in [2.75, 3.05) is 40.9 Å². The van der Waals surface area contributed by atoms with Crippen molar-refractivity contribution in [3.63, 3.8) is 0 Å². The smallest absolute Gasteiger partial charge is 0.200 e. The van der Waals surface area contributed by atoms with E-state index in [1.165, 1.54) is 13.0 Å². The molecule has 1 atom stereocenters. The Morgan fingerprint density at radius 2 is 1.95 bits per heavy atom. The van der Waals surface area contributed by atoms with E-state index in [-0.39, 0.29) is 5.75 Å². The minimum absolute atomic E-state index is 0.0520. The van der Waals surface area contributed by atoms with Crippen molar-refractivity contribution in [3.8, 4) is 17.2 Å². The van der Waals surface area contributed by atoms with Gasteiger partial charge in [-0.1, -0.05) is 0 Å². The zero-order valence-corrected chi connectivity index (χ0v) is 12.5. The van der Waals surface area contributed by atoms with Crippen LogP contribution in [-0.2, 0) is 6.54 Å². The van der Waals surface area contributed by atoms with Crippen LogP contribution in [-0.4, -0.2) is 50.9 Å². The topological polar surface area (TPSA) is 54.0 Å². The second-order valence-electron chi connectivity index (χ2n) is 5.40. The summed E-state index contributed by atoms with van der Waals surface area (Å²) in [6, 6.07) is 3.68. The van der Waals surface area contributed by atoms with Crippen molar-refractivity contribution in [2.45, 2.75) is 13.0 Å². The normalized spacial score (nSPS) is 19.2. The molecule has 0 radical (unpaired) electrons. The number of ether oxygens (including phenoxy) is 2. The Labute approximate surface area is 120 Å². The van der Waals surface area contributed by atoms with Crippen LogP contribution in [0.5, 0.6) is 17.2 Å². The molecule has 20 heavy (non-hydrogen) atoms. The summed E-state index contributed by atoms with van der Waals surface area (Å²) in [5.41, 5.74) is 1.04. The second-order valence-corrected chi connectivity index (χ2v) is 5.40. The van der Waals surface area contributed by atoms with Gasteiger partial charge in [-0.05, 0) is 50.2 Å². The minimum atomic E-state index is 0.0520. The Morgan fingerprint density at radius 3 is 2.45 bits per heavy atom. The van der Waals surface area contributed by atoms with Gasteiger partial charge in [-0.2, -0.15) is 0 Å². The van der Waals surface area contributed by atoms with E-state index in [0.717, 1.165) is 31.1 Å². The van der Waals surface area contributed by atoms with Gasteiger partial charge in [-0.15, -0.1) is 0 Å². The number of phenols is 1. The molecule has 1 aromatic rings. The first kappa shape index (κ1) is 14.9. The largest absolute Gasteiger partial charge is 0.502 e. The van der Waals surface area contributed by atoms with Gasteiger partial charge in [0.15, 0.2) is 11.5 Å². The standard InChI is InChI=1S/C15H24N2O3/c1-17-5-4-11(10-17)8-16-9-12-6-13(19-2)15(18)14(7-12)20-3/h6-7,11,16,18H,4-5,8-10H2,1-3H3. The Balaban J connectivity index is 1.92. The molecule has 5 nitrogen and oxygen atoms in total. The molecule has 0 saturated carbocycles. The molecule has 1 aromatic carbocycles. The van der Waals surface area contributed by atoms with Crippen molar-refractivity contribution < 1.29 is 14.6 Å². The van der Waals surface area contributed by atoms with Crippen LogP contribution in [0.4, 0.5) is 0 Å². The van der Waals surface area contributed by atoms with Gasteiger partial charge in [0.25, 0.3) is 0 Å². The SMILES string of the molecule is COc1cc(CNCC2CCN(C)C2)cc(OC)c1O. The third-order valence-electron chi connectivity index (χ3n) is 3.79. The average Bonchev–Trinajstić information content (AvgIpc) is 2.86. The molecule has 1 aliphatic heterocycles. The molecule has 1 heterocycles. The van der Waals surface area contributed by atoms with Crippen molar-refractivity contribution in [2.24, 2.45) is 5.92 Å². The fraction of sp³-hybridized carbons (Fsp3) is 0.600. The van der Waals surface area contributed by atoms with E-state index in [9.17, 15) is 5.11 Å². The highest BCUT2D eigenvalue weighted by atomic mass is 16.5. The molecule has 0 amide bonds. The third-order valence-corrected chi connectivity index (χ3v) is 3.79. The Kier molecular flexibility index (Phi) is 5.09. The zero-order valence-electron chi connectivity index (χ0n) is 12.5. The van der Waals surface area contributed by atoms with Gasteiger partial charge in [0.1, 0.15) is 0 Å². The van der Waals surface area contributed by atoms with E-state index in [2.05, 4.69) is 17.3 Å². The number of likely N-dealkylation sites (tertiary alicyclic amines) is 1. The van der Waals surface area contributed by atoms with E-state index in [1.54, 1.807) is 14.2 Å². The molecule has 5 heteroatoms. The lowest BCUT2D eigenvalue weighted by Gasteiger charge is -2.14. The maximum absolute atomic E-state index is 9.86. The molecule has 0 bridgehead atoms. The number of nitrogens with one attached hydrogen (secondary N) is 1. The number of methoxy groups -OCH3 is 2. The Morgan fingerprint density at radius 1 is 1.30 bits per heavy atom. The molecule has 1 fully saturated rings. The number of hydrogen-bond donors (Lipinski definition) is 2. The van der Waals surface area contributed by atoms with Gasteiger partial charge >= 0.3 is 0 Å². The van der Waals surface area contributed by atoms with Gasteiger partial charge in [0, 0.05) is 13.1 Å². The number of rotatable bonds is 6. The number of phenolic OH excluding ortho intramolecular Hbond substituents is 1. The van der Waals surface area contributed by atoms with Gasteiger partial charge < -0.3 is 24.8 Å². The van der Waals surface area contributed by atoms with E-state index in [0.29, 0.717) is 11.5 Å². The highest BCUT2D eigenvalue weighted by molar-refractivity contribution is 5.52. The van der Waals surface area contributed by atoms with Crippen LogP contribution in [0.1, 0.15) is 12.0 Å². The van der Waals surface area contributed by atoms with Crippen LogP contribution >= 0.6 is 0 Å². The summed E-state index contributed by atoms with van der Waals surface area (Å²) in [6.45, 7) is 4.10. The molecule has 2 rings (SSSR count). The monoisotopic (exact) mass is 280 g/mol. The number of benzene rings is 1. The van der Waals surface area contributed by atoms with Gasteiger partial charge in [0.2, 0.25) is 5.75 Å². The molecular weight excluding hydrogens is 256 g/mol. The molecule has 0 spiro atoms. The summed E-state index contributed by atoms with van der Waals surface area (Å²) in [5.74, 6) is 1.67. The predicted molar refractivity (Wildman–Crippen MR) is 78.5 cm³/mol. The number of hydrogen-bond acceptors (Lipinski definition) is 5. The average molecular weight is 280 g/mol. The van der Waals surface area contributed by atoms with E-state index in [1.807, 2.05) is 12.1 Å². The van der Waals surface area contributed by atoms with Crippen molar-refractivity contribution in [1.82, 2.24) is 10.2 Å². The summed E-state index contributed by atoms with van der Waals surface area (Å²) in [5, 5.41) is 13.3. The third kappa shape index (κ3) is 3.55. The van der Waals surface area contributed by atoms with E-state index >= 15 is 0 Å². The fourth-order valence-corrected chi connectivity index (χ4v) is 2.66. The molecule has 0 aliphatic carbocycles. The quantitative estimate of drug-likeness (QED) is 0.826. The predicted octanol–water partition coefficient (Wildman–Crippen LogP) is 1.45. The highest BCUT2D eigenvalue weighted by Gasteiger charge is 2.18. The zero-order chi connectivity index (χ0) is 14.5. The van der Waals surface area contributed by atoms with Crippen LogP contribution in [0.3, 0.4) is 0 Å². The first-order valence-corrected chi connectivity index (χ1v) is 6.97. The maximum Gasteiger partial charge on any atom is 0.200 e. The fourth-order valence-electron chi connectivity index (χ4n) is 2.66. The Bertz CT molecular complexity index is 426. The summed E-state index contributed by atoms with van der Waals surface area (Å²) >= 11 is 0. The van der Waals surface area contributed by atoms with Crippen LogP contribution in [0.2, 0.25) is 0 Å². The van der Waals surface area contributed by atoms with Crippen molar-refractivity contribution >= 4 is 0 Å². The molecule has 112 valence electrons. The first-order valence-electron chi connectivity index (χ1n) is 6.97. The minimum Gasteiger partial charge on any atom is -0.502 e. The highest BCUT2D eigenvalue weighted by Crippen LogP contribution is 2.37. The van der Waals surface area contributed by atoms with Gasteiger partial charge in [-0.3, -0.25) is 0 Å². The summed E-state index contributed by atoms with van der Waals surface area (Å²) in [6.07, 6.45) is 1.26. The number of aromatic hydroxyl groups is 1. The van der Waals surface area contributed by atoms with Crippen molar-refractivity contribution in [1.29, 1.82) is 0 Å². The summed E-state index contributed by atoms with van der Waals surface area (Å²) in [4.78, 5) is 2.36. The molecule has 0 aromatic heterocycles. The second kappa shape index (κ2) is 6.81. The molecular formula is C15H24N2O3. The summed E-state index contributed by atoms with van der Waals surface area (Å²) < 4.78 is 10.3. The van der Waals surface area contributed by atoms with Gasteiger partial charge in [0.05, 0.1) is 14.2 Å². The lowest BCUT2D eigenvalue weighted by atomic mass is 10.1. The van der Waals surface area contributed by atoms with Crippen LogP contribution < -0.4 is 14.8 Å². The lowest BCUT2D eigenvalue weighted by Crippen LogP contribution is -2.24. The van der Waals surface area contributed by atoms with Crippen LogP contribution in [0, 0.1) is 5.92 Å². The lowest BCUT2D eigenvalue weighted by molar-refractivity contribution is 0.338. The molecule has 1 aliphatic rings. The number of nitrogens with zero attached hydrogens (tertiary/aromatic N) is 1. The van der Waals surface area contributed by atoms with E-state index in [4.69, 9.17) is 9.47 Å². The molecule has 2 N–H and O–H groups in total. The van der Waals surface area contributed by atoms with Gasteiger partial charge in [-0.25, -0.2) is 0 Å². The molecule has 1 saturated heterocycles. The first-order chi connectivity index (χ1) is 9.63.